The number of aliphatic hydroxyl groups is 1. The van der Waals surface area contributed by atoms with Gasteiger partial charge in [-0.15, -0.1) is 0 Å². The second-order valence-electron chi connectivity index (χ2n) is 6.81. The van der Waals surface area contributed by atoms with Crippen molar-refractivity contribution in [3.8, 4) is 5.75 Å². The van der Waals surface area contributed by atoms with E-state index in [1.54, 1.807) is 30.5 Å². The van der Waals surface area contributed by atoms with Crippen molar-refractivity contribution in [1.82, 2.24) is 4.90 Å². The molecule has 1 aromatic heterocycles. The van der Waals surface area contributed by atoms with Gasteiger partial charge in [0.1, 0.15) is 24.2 Å². The number of nitrogens with zero attached hydrogens (tertiary/aromatic N) is 1. The van der Waals surface area contributed by atoms with Crippen LogP contribution in [0.4, 0.5) is 5.69 Å². The second kappa shape index (κ2) is 8.64. The Kier molecular flexibility index (Phi) is 6.23. The molecule has 2 aromatic carbocycles. The van der Waals surface area contributed by atoms with Gasteiger partial charge in [-0.2, -0.15) is 0 Å². The molecule has 0 bridgehead atoms. The average molecular weight is 404 g/mol. The number of likely N-dealkylation sites (N-methyl/N-ethyl adjacent to an activating group) is 1. The highest BCUT2D eigenvalue weighted by Crippen LogP contribution is 2.22. The maximum atomic E-state index is 11.2. The zero-order valence-electron chi connectivity index (χ0n) is 15.8. The number of fused-ring (bicyclic) bond motifs is 1. The molecule has 0 aliphatic carbocycles. The third-order valence-corrected chi connectivity index (χ3v) is 4.73. The van der Waals surface area contributed by atoms with Crippen molar-refractivity contribution in [2.45, 2.75) is 12.6 Å². The summed E-state index contributed by atoms with van der Waals surface area (Å²) in [5, 5.41) is 12.4. The van der Waals surface area contributed by atoms with Crippen LogP contribution in [0.2, 0.25) is 0 Å². The lowest BCUT2D eigenvalue weighted by Gasteiger charge is -2.20. The maximum Gasteiger partial charge on any atom is 0.229 e. The second-order valence-corrected chi connectivity index (χ2v) is 8.55. The smallest absolute Gasteiger partial charge is 0.229 e. The van der Waals surface area contributed by atoms with Crippen molar-refractivity contribution in [1.29, 1.82) is 0 Å². The van der Waals surface area contributed by atoms with E-state index in [9.17, 15) is 13.5 Å². The lowest BCUT2D eigenvalue weighted by molar-refractivity contribution is 0.0727. The summed E-state index contributed by atoms with van der Waals surface area (Å²) in [6, 6.07) is 14.5. The maximum absolute atomic E-state index is 11.2. The molecule has 0 radical (unpaired) electrons. The number of furan rings is 1. The van der Waals surface area contributed by atoms with Gasteiger partial charge in [-0.05, 0) is 31.3 Å². The molecule has 1 atom stereocenters. The van der Waals surface area contributed by atoms with E-state index in [2.05, 4.69) is 4.72 Å². The van der Waals surface area contributed by atoms with Crippen molar-refractivity contribution in [3.05, 3.63) is 60.6 Å². The first-order valence-electron chi connectivity index (χ1n) is 8.82. The summed E-state index contributed by atoms with van der Waals surface area (Å²) >= 11 is 0. The Balaban J connectivity index is 1.48. The van der Waals surface area contributed by atoms with Gasteiger partial charge in [0.25, 0.3) is 0 Å². The van der Waals surface area contributed by atoms with Crippen LogP contribution in [-0.4, -0.2) is 51.0 Å². The van der Waals surface area contributed by atoms with E-state index < -0.39 is 16.1 Å². The lowest BCUT2D eigenvalue weighted by Crippen LogP contribution is -2.32. The van der Waals surface area contributed by atoms with Crippen molar-refractivity contribution in [2.75, 3.05) is 31.2 Å². The highest BCUT2D eigenvalue weighted by molar-refractivity contribution is 7.92. The van der Waals surface area contributed by atoms with Gasteiger partial charge >= 0.3 is 0 Å². The van der Waals surface area contributed by atoms with E-state index in [1.165, 1.54) is 0 Å². The Bertz CT molecular complexity index is 1010. The van der Waals surface area contributed by atoms with Crippen LogP contribution in [0.3, 0.4) is 0 Å². The van der Waals surface area contributed by atoms with Crippen LogP contribution in [0.15, 0.2) is 59.2 Å². The minimum Gasteiger partial charge on any atom is -0.491 e. The van der Waals surface area contributed by atoms with E-state index in [-0.39, 0.29) is 6.61 Å². The monoisotopic (exact) mass is 404 g/mol. The Hall–Kier alpha value is -2.55. The Labute approximate surface area is 164 Å². The summed E-state index contributed by atoms with van der Waals surface area (Å²) < 4.78 is 36.0. The molecule has 0 saturated carbocycles. The molecule has 0 amide bonds. The molecule has 1 heterocycles. The summed E-state index contributed by atoms with van der Waals surface area (Å²) in [5.74, 6) is 1.41. The number of rotatable bonds is 9. The third kappa shape index (κ3) is 5.72. The predicted octanol–water partition coefficient (Wildman–Crippen LogP) is 2.68. The van der Waals surface area contributed by atoms with Crippen LogP contribution in [0.25, 0.3) is 10.8 Å². The molecule has 0 saturated heterocycles. The molecule has 0 fully saturated rings. The molecule has 7 nitrogen and oxygen atoms in total. The Morgan fingerprint density at radius 3 is 2.61 bits per heavy atom. The minimum absolute atomic E-state index is 0.127. The molecule has 150 valence electrons. The molecule has 3 rings (SSSR count). The number of hydrogen-bond donors (Lipinski definition) is 2. The summed E-state index contributed by atoms with van der Waals surface area (Å²) in [6.45, 7) is 1.13. The van der Waals surface area contributed by atoms with Crippen LogP contribution in [0.5, 0.6) is 5.75 Å². The van der Waals surface area contributed by atoms with Gasteiger partial charge < -0.3 is 14.3 Å². The number of benzene rings is 2. The van der Waals surface area contributed by atoms with Gasteiger partial charge in [0.2, 0.25) is 10.0 Å². The number of ether oxygens (including phenoxy) is 1. The van der Waals surface area contributed by atoms with Gasteiger partial charge in [0.05, 0.1) is 19.1 Å². The molecule has 8 heteroatoms. The fraction of sp³-hybridized carbons (Fsp3) is 0.300. The number of anilines is 1. The molecule has 1 unspecified atom stereocenters. The van der Waals surface area contributed by atoms with Crippen LogP contribution < -0.4 is 9.46 Å². The summed E-state index contributed by atoms with van der Waals surface area (Å²) in [5.41, 5.74) is 0.459. The molecular weight excluding hydrogens is 380 g/mol. The first-order valence-corrected chi connectivity index (χ1v) is 10.7. The first kappa shape index (κ1) is 20.2. The molecule has 0 spiro atoms. The Morgan fingerprint density at radius 1 is 1.18 bits per heavy atom. The number of aliphatic hydroxyl groups excluding tert-OH is 1. The zero-order chi connectivity index (χ0) is 20.1. The van der Waals surface area contributed by atoms with Crippen LogP contribution in [-0.2, 0) is 16.6 Å². The lowest BCUT2D eigenvalue weighted by atomic mass is 10.2. The molecule has 2 N–H and O–H groups in total. The SMILES string of the molecule is CN(Cc1occ2ccccc12)CC(O)COc1ccc(NS(C)(=O)=O)cc1. The van der Waals surface area contributed by atoms with Gasteiger partial charge in [-0.25, -0.2) is 8.42 Å². The van der Waals surface area contributed by atoms with Crippen LogP contribution in [0.1, 0.15) is 5.76 Å². The molecule has 3 aromatic rings. The topological polar surface area (TPSA) is 92.0 Å². The molecule has 28 heavy (non-hydrogen) atoms. The summed E-state index contributed by atoms with van der Waals surface area (Å²) in [7, 11) is -1.40. The Morgan fingerprint density at radius 2 is 1.89 bits per heavy atom. The van der Waals surface area contributed by atoms with Gasteiger partial charge in [-0.3, -0.25) is 9.62 Å². The third-order valence-electron chi connectivity index (χ3n) is 4.13. The number of hydrogen-bond acceptors (Lipinski definition) is 6. The summed E-state index contributed by atoms with van der Waals surface area (Å²) in [4.78, 5) is 1.97. The van der Waals surface area contributed by atoms with Gasteiger partial charge in [0.15, 0.2) is 0 Å². The van der Waals surface area contributed by atoms with E-state index in [0.717, 1.165) is 22.8 Å². The zero-order valence-corrected chi connectivity index (χ0v) is 16.6. The van der Waals surface area contributed by atoms with E-state index >= 15 is 0 Å². The summed E-state index contributed by atoms with van der Waals surface area (Å²) in [6.07, 6.45) is 2.15. The fourth-order valence-electron chi connectivity index (χ4n) is 2.92. The van der Waals surface area contributed by atoms with Crippen LogP contribution in [0, 0.1) is 0 Å². The standard InChI is InChI=1S/C20H24N2O5S/c1-22(12-20-19-6-4-3-5-15(19)13-27-20)11-17(23)14-26-18-9-7-16(8-10-18)21-28(2,24)25/h3-10,13,17,21,23H,11-12,14H2,1-2H3. The highest BCUT2D eigenvalue weighted by Gasteiger charge is 2.13. The largest absolute Gasteiger partial charge is 0.491 e. The molecule has 0 aliphatic heterocycles. The normalized spacial score (nSPS) is 13.0. The van der Waals surface area contributed by atoms with E-state index in [4.69, 9.17) is 9.15 Å². The van der Waals surface area contributed by atoms with Gasteiger partial charge in [-0.1, -0.05) is 24.3 Å². The van der Waals surface area contributed by atoms with Crippen molar-refractivity contribution < 1.29 is 22.7 Å². The van der Waals surface area contributed by atoms with Crippen LogP contribution >= 0.6 is 0 Å². The van der Waals surface area contributed by atoms with Crippen molar-refractivity contribution >= 4 is 26.5 Å². The van der Waals surface area contributed by atoms with E-state index in [0.29, 0.717) is 24.5 Å². The van der Waals surface area contributed by atoms with E-state index in [1.807, 2.05) is 36.2 Å². The van der Waals surface area contributed by atoms with Crippen molar-refractivity contribution in [3.63, 3.8) is 0 Å². The predicted molar refractivity (Wildman–Crippen MR) is 109 cm³/mol. The number of sulfonamides is 1. The fourth-order valence-corrected chi connectivity index (χ4v) is 3.49. The highest BCUT2D eigenvalue weighted by atomic mass is 32.2. The number of nitrogens with one attached hydrogen (secondary N) is 1. The quantitative estimate of drug-likeness (QED) is 0.570. The minimum atomic E-state index is -3.31. The molecule has 0 aliphatic rings. The average Bonchev–Trinajstić information content (AvgIpc) is 3.03. The first-order chi connectivity index (χ1) is 13.3. The van der Waals surface area contributed by atoms with Crippen molar-refractivity contribution in [2.24, 2.45) is 0 Å². The van der Waals surface area contributed by atoms with Gasteiger partial charge in [0, 0.05) is 23.0 Å². The molecular formula is C20H24N2O5S.